The van der Waals surface area contributed by atoms with E-state index in [-0.39, 0.29) is 24.0 Å². The van der Waals surface area contributed by atoms with Crippen molar-refractivity contribution in [2.45, 2.75) is 26.3 Å². The van der Waals surface area contributed by atoms with Crippen LogP contribution in [0.4, 0.5) is 0 Å². The Morgan fingerprint density at radius 1 is 1.38 bits per heavy atom. The molecule has 118 valence electrons. The fourth-order valence-electron chi connectivity index (χ4n) is 2.64. The SMILES string of the molecule is CN=C(NCc1ccc(OC)cc1)N1CCCC(C)C1.I. The number of halogens is 1. The lowest BCUT2D eigenvalue weighted by Crippen LogP contribution is -2.45. The van der Waals surface area contributed by atoms with Crippen LogP contribution in [0.5, 0.6) is 5.75 Å². The van der Waals surface area contributed by atoms with Crippen molar-refractivity contribution in [1.29, 1.82) is 0 Å². The molecule has 0 amide bonds. The van der Waals surface area contributed by atoms with E-state index < -0.39 is 0 Å². The number of methoxy groups -OCH3 is 1. The highest BCUT2D eigenvalue weighted by molar-refractivity contribution is 14.0. The van der Waals surface area contributed by atoms with Crippen molar-refractivity contribution in [3.05, 3.63) is 29.8 Å². The summed E-state index contributed by atoms with van der Waals surface area (Å²) in [4.78, 5) is 6.76. The number of aliphatic imine (C=N–C) groups is 1. The molecular weight excluding hydrogens is 377 g/mol. The van der Waals surface area contributed by atoms with Gasteiger partial charge in [0.15, 0.2) is 5.96 Å². The Bertz CT molecular complexity index is 447. The lowest BCUT2D eigenvalue weighted by molar-refractivity contribution is 0.266. The normalized spacial score (nSPS) is 18.9. The highest BCUT2D eigenvalue weighted by Gasteiger charge is 2.18. The average Bonchev–Trinajstić information content (AvgIpc) is 2.48. The lowest BCUT2D eigenvalue weighted by atomic mass is 10.0. The third-order valence-electron chi connectivity index (χ3n) is 3.78. The summed E-state index contributed by atoms with van der Waals surface area (Å²) in [6.07, 6.45) is 2.58. The summed E-state index contributed by atoms with van der Waals surface area (Å²) in [5.74, 6) is 2.65. The number of likely N-dealkylation sites (tertiary alicyclic amines) is 1. The van der Waals surface area contributed by atoms with Crippen LogP contribution in [0, 0.1) is 5.92 Å². The topological polar surface area (TPSA) is 36.9 Å². The fourth-order valence-corrected chi connectivity index (χ4v) is 2.64. The molecule has 0 aromatic heterocycles. The number of nitrogens with zero attached hydrogens (tertiary/aromatic N) is 2. The number of guanidine groups is 1. The van der Waals surface area contributed by atoms with E-state index in [4.69, 9.17) is 4.74 Å². The minimum atomic E-state index is 0. The predicted octanol–water partition coefficient (Wildman–Crippen LogP) is 3.12. The zero-order valence-electron chi connectivity index (χ0n) is 13.1. The van der Waals surface area contributed by atoms with Crippen molar-refractivity contribution in [1.82, 2.24) is 10.2 Å². The van der Waals surface area contributed by atoms with Crippen molar-refractivity contribution in [3.63, 3.8) is 0 Å². The number of hydrogen-bond donors (Lipinski definition) is 1. The Morgan fingerprint density at radius 2 is 2.10 bits per heavy atom. The maximum Gasteiger partial charge on any atom is 0.193 e. The van der Waals surface area contributed by atoms with Gasteiger partial charge in [-0.15, -0.1) is 24.0 Å². The van der Waals surface area contributed by atoms with Crippen LogP contribution >= 0.6 is 24.0 Å². The number of ether oxygens (including phenoxy) is 1. The number of piperidine rings is 1. The van der Waals surface area contributed by atoms with Gasteiger partial charge in [-0.25, -0.2) is 0 Å². The first-order chi connectivity index (χ1) is 9.72. The highest BCUT2D eigenvalue weighted by Crippen LogP contribution is 2.16. The van der Waals surface area contributed by atoms with Gasteiger partial charge in [-0.3, -0.25) is 4.99 Å². The minimum Gasteiger partial charge on any atom is -0.497 e. The summed E-state index contributed by atoms with van der Waals surface area (Å²) in [6, 6.07) is 8.14. The van der Waals surface area contributed by atoms with Crippen molar-refractivity contribution in [3.8, 4) is 5.75 Å². The standard InChI is InChI=1S/C16H25N3O.HI/c1-13-5-4-10-19(12-13)16(17-2)18-11-14-6-8-15(20-3)9-7-14;/h6-9,13H,4-5,10-12H2,1-3H3,(H,17,18);1H. The Morgan fingerprint density at radius 3 is 2.67 bits per heavy atom. The van der Waals surface area contributed by atoms with Crippen molar-refractivity contribution in [2.75, 3.05) is 27.2 Å². The van der Waals surface area contributed by atoms with Gasteiger partial charge in [-0.2, -0.15) is 0 Å². The van der Waals surface area contributed by atoms with Gasteiger partial charge in [-0.1, -0.05) is 19.1 Å². The van der Waals surface area contributed by atoms with E-state index >= 15 is 0 Å². The van der Waals surface area contributed by atoms with E-state index in [2.05, 4.69) is 34.3 Å². The molecule has 0 saturated carbocycles. The van der Waals surface area contributed by atoms with E-state index in [1.807, 2.05) is 19.2 Å². The second-order valence-electron chi connectivity index (χ2n) is 5.44. The first-order valence-corrected chi connectivity index (χ1v) is 7.31. The highest BCUT2D eigenvalue weighted by atomic mass is 127. The van der Waals surface area contributed by atoms with Crippen LogP contribution in [0.15, 0.2) is 29.3 Å². The van der Waals surface area contributed by atoms with Gasteiger partial charge in [0.25, 0.3) is 0 Å². The zero-order chi connectivity index (χ0) is 14.4. The summed E-state index contributed by atoms with van der Waals surface area (Å²) in [6.45, 7) is 5.30. The molecule has 1 unspecified atom stereocenters. The maximum atomic E-state index is 5.17. The van der Waals surface area contributed by atoms with Gasteiger partial charge < -0.3 is 15.0 Å². The Kier molecular flexibility index (Phi) is 7.85. The zero-order valence-corrected chi connectivity index (χ0v) is 15.5. The van der Waals surface area contributed by atoms with E-state index in [0.29, 0.717) is 0 Å². The summed E-state index contributed by atoms with van der Waals surface area (Å²) >= 11 is 0. The summed E-state index contributed by atoms with van der Waals surface area (Å²) in [5, 5.41) is 3.45. The van der Waals surface area contributed by atoms with Gasteiger partial charge in [0.05, 0.1) is 7.11 Å². The Hall–Kier alpha value is -0.980. The summed E-state index contributed by atoms with van der Waals surface area (Å²) < 4.78 is 5.17. The van der Waals surface area contributed by atoms with Gasteiger partial charge in [0, 0.05) is 26.7 Å². The second-order valence-corrected chi connectivity index (χ2v) is 5.44. The van der Waals surface area contributed by atoms with Crippen LogP contribution in [-0.2, 0) is 6.54 Å². The monoisotopic (exact) mass is 403 g/mol. The van der Waals surface area contributed by atoms with Gasteiger partial charge in [0.2, 0.25) is 0 Å². The molecule has 5 heteroatoms. The molecule has 0 bridgehead atoms. The molecule has 1 heterocycles. The largest absolute Gasteiger partial charge is 0.497 e. The van der Waals surface area contributed by atoms with Crippen molar-refractivity contribution >= 4 is 29.9 Å². The third kappa shape index (κ3) is 5.37. The molecule has 1 atom stereocenters. The summed E-state index contributed by atoms with van der Waals surface area (Å²) in [5.41, 5.74) is 1.23. The van der Waals surface area contributed by atoms with Crippen LogP contribution in [0.25, 0.3) is 0 Å². The lowest BCUT2D eigenvalue weighted by Gasteiger charge is -2.33. The molecular formula is C16H26IN3O. The van der Waals surface area contributed by atoms with Crippen molar-refractivity contribution in [2.24, 2.45) is 10.9 Å². The third-order valence-corrected chi connectivity index (χ3v) is 3.78. The number of hydrogen-bond acceptors (Lipinski definition) is 2. The quantitative estimate of drug-likeness (QED) is 0.479. The molecule has 1 aromatic rings. The van der Waals surface area contributed by atoms with E-state index in [1.54, 1.807) is 7.11 Å². The van der Waals surface area contributed by atoms with E-state index in [0.717, 1.165) is 37.3 Å². The van der Waals surface area contributed by atoms with Crippen LogP contribution in [0.3, 0.4) is 0 Å². The van der Waals surface area contributed by atoms with Crippen LogP contribution in [0.1, 0.15) is 25.3 Å². The number of benzene rings is 1. The molecule has 1 fully saturated rings. The first-order valence-electron chi connectivity index (χ1n) is 7.31. The molecule has 0 aliphatic carbocycles. The second kappa shape index (κ2) is 9.12. The average molecular weight is 403 g/mol. The Balaban J connectivity index is 0.00000220. The molecule has 1 saturated heterocycles. The predicted molar refractivity (Wildman–Crippen MR) is 98.6 cm³/mol. The molecule has 2 rings (SSSR count). The molecule has 1 aliphatic rings. The first kappa shape index (κ1) is 18.1. The van der Waals surface area contributed by atoms with E-state index in [9.17, 15) is 0 Å². The molecule has 0 radical (unpaired) electrons. The van der Waals surface area contributed by atoms with Crippen molar-refractivity contribution < 1.29 is 4.74 Å². The Labute approximate surface area is 145 Å². The molecule has 21 heavy (non-hydrogen) atoms. The molecule has 1 aromatic carbocycles. The molecule has 1 N–H and O–H groups in total. The molecule has 4 nitrogen and oxygen atoms in total. The van der Waals surface area contributed by atoms with Gasteiger partial charge in [0.1, 0.15) is 5.75 Å². The number of rotatable bonds is 3. The maximum absolute atomic E-state index is 5.17. The summed E-state index contributed by atoms with van der Waals surface area (Å²) in [7, 11) is 3.54. The van der Waals surface area contributed by atoms with Gasteiger partial charge >= 0.3 is 0 Å². The smallest absolute Gasteiger partial charge is 0.193 e. The van der Waals surface area contributed by atoms with Gasteiger partial charge in [-0.05, 0) is 36.5 Å². The molecule has 0 spiro atoms. The van der Waals surface area contributed by atoms with Crippen LogP contribution in [0.2, 0.25) is 0 Å². The minimum absolute atomic E-state index is 0. The fraction of sp³-hybridized carbons (Fsp3) is 0.562. The van der Waals surface area contributed by atoms with E-state index in [1.165, 1.54) is 18.4 Å². The number of nitrogens with one attached hydrogen (secondary N) is 1. The molecule has 1 aliphatic heterocycles. The van der Waals surface area contributed by atoms with Crippen LogP contribution in [-0.4, -0.2) is 38.1 Å². The van der Waals surface area contributed by atoms with Crippen LogP contribution < -0.4 is 10.1 Å².